The first kappa shape index (κ1) is 21.0. The fourth-order valence-electron chi connectivity index (χ4n) is 3.41. The van der Waals surface area contributed by atoms with Gasteiger partial charge in [-0.05, 0) is 55.3 Å². The van der Waals surface area contributed by atoms with Gasteiger partial charge in [0.15, 0.2) is 5.96 Å². The van der Waals surface area contributed by atoms with E-state index in [0.29, 0.717) is 6.54 Å². The zero-order valence-corrected chi connectivity index (χ0v) is 17.6. The molecule has 1 aromatic heterocycles. The van der Waals surface area contributed by atoms with Crippen LogP contribution in [0.4, 0.5) is 10.2 Å². The van der Waals surface area contributed by atoms with Crippen LogP contribution in [0.3, 0.4) is 0 Å². The Labute approximate surface area is 172 Å². The van der Waals surface area contributed by atoms with E-state index >= 15 is 0 Å². The number of rotatable bonds is 6. The van der Waals surface area contributed by atoms with Gasteiger partial charge in [0.1, 0.15) is 11.6 Å². The highest BCUT2D eigenvalue weighted by Crippen LogP contribution is 2.13. The lowest BCUT2D eigenvalue weighted by Crippen LogP contribution is -2.44. The largest absolute Gasteiger partial charge is 0.356 e. The predicted octanol–water partition coefficient (Wildman–Crippen LogP) is 2.19. The minimum atomic E-state index is -0.191. The van der Waals surface area contributed by atoms with Crippen LogP contribution in [0.2, 0.25) is 0 Å². The summed E-state index contributed by atoms with van der Waals surface area (Å²) >= 11 is 0. The van der Waals surface area contributed by atoms with Gasteiger partial charge in [-0.25, -0.2) is 9.37 Å². The molecule has 2 aromatic rings. The van der Waals surface area contributed by atoms with Gasteiger partial charge in [0, 0.05) is 52.5 Å². The predicted molar refractivity (Wildman–Crippen MR) is 117 cm³/mol. The van der Waals surface area contributed by atoms with Crippen molar-refractivity contribution in [3.8, 4) is 0 Å². The van der Waals surface area contributed by atoms with Crippen molar-refractivity contribution in [2.45, 2.75) is 19.9 Å². The van der Waals surface area contributed by atoms with E-state index in [1.165, 1.54) is 6.07 Å². The second kappa shape index (κ2) is 10.2. The molecule has 0 spiro atoms. The van der Waals surface area contributed by atoms with E-state index < -0.39 is 0 Å². The first-order chi connectivity index (χ1) is 14.0. The Bertz CT molecular complexity index is 813. The number of anilines is 1. The van der Waals surface area contributed by atoms with Gasteiger partial charge in [0.05, 0.1) is 0 Å². The molecule has 0 radical (unpaired) electrons. The molecule has 0 saturated carbocycles. The van der Waals surface area contributed by atoms with E-state index in [-0.39, 0.29) is 5.82 Å². The Morgan fingerprint density at radius 3 is 2.59 bits per heavy atom. The van der Waals surface area contributed by atoms with E-state index in [2.05, 4.69) is 49.6 Å². The van der Waals surface area contributed by atoms with Crippen LogP contribution in [0.5, 0.6) is 0 Å². The number of nitrogens with one attached hydrogen (secondary N) is 2. The van der Waals surface area contributed by atoms with Gasteiger partial charge < -0.3 is 20.4 Å². The number of guanidine groups is 1. The summed E-state index contributed by atoms with van der Waals surface area (Å²) in [5, 5.41) is 6.63. The lowest BCUT2D eigenvalue weighted by atomic mass is 10.1. The summed E-state index contributed by atoms with van der Waals surface area (Å²) in [4.78, 5) is 13.6. The van der Waals surface area contributed by atoms with Crippen molar-refractivity contribution in [1.82, 2.24) is 20.5 Å². The van der Waals surface area contributed by atoms with Crippen molar-refractivity contribution in [1.29, 1.82) is 0 Å². The Balaban J connectivity index is 1.44. The molecule has 7 heteroatoms. The SMILES string of the molecule is CN=C(NCCc1ccc(F)cc1C)NCc1ccc(N2CCN(C)CC2)nc1. The van der Waals surface area contributed by atoms with Gasteiger partial charge in [0.2, 0.25) is 0 Å². The topological polar surface area (TPSA) is 55.8 Å². The Morgan fingerprint density at radius 1 is 1.14 bits per heavy atom. The summed E-state index contributed by atoms with van der Waals surface area (Å²) in [6.45, 7) is 7.51. The van der Waals surface area contributed by atoms with E-state index in [9.17, 15) is 4.39 Å². The maximum absolute atomic E-state index is 13.2. The van der Waals surface area contributed by atoms with Crippen molar-refractivity contribution < 1.29 is 4.39 Å². The molecule has 1 saturated heterocycles. The van der Waals surface area contributed by atoms with Crippen LogP contribution in [0, 0.1) is 12.7 Å². The summed E-state index contributed by atoms with van der Waals surface area (Å²) in [6.07, 6.45) is 2.74. The zero-order chi connectivity index (χ0) is 20.6. The molecule has 2 N–H and O–H groups in total. The quantitative estimate of drug-likeness (QED) is 0.577. The van der Waals surface area contributed by atoms with E-state index in [1.807, 2.05) is 19.2 Å². The number of nitrogens with zero attached hydrogens (tertiary/aromatic N) is 4. The van der Waals surface area contributed by atoms with Gasteiger partial charge in [0.25, 0.3) is 0 Å². The highest BCUT2D eigenvalue weighted by atomic mass is 19.1. The fraction of sp³-hybridized carbons (Fsp3) is 0.455. The van der Waals surface area contributed by atoms with Crippen LogP contribution >= 0.6 is 0 Å². The highest BCUT2D eigenvalue weighted by Gasteiger charge is 2.14. The van der Waals surface area contributed by atoms with Gasteiger partial charge in [-0.1, -0.05) is 12.1 Å². The first-order valence-electron chi connectivity index (χ1n) is 10.1. The fourth-order valence-corrected chi connectivity index (χ4v) is 3.41. The number of halogens is 1. The molecule has 0 amide bonds. The number of aryl methyl sites for hydroxylation is 1. The minimum Gasteiger partial charge on any atom is -0.356 e. The standard InChI is InChI=1S/C22H31FN6/c1-17-14-20(23)6-5-19(17)8-9-25-22(24-2)27-16-18-4-7-21(26-15-18)29-12-10-28(3)11-13-29/h4-7,14-15H,8-13,16H2,1-3H3,(H2,24,25,27). The second-order valence-corrected chi connectivity index (χ2v) is 7.49. The molecule has 1 aliphatic rings. The van der Waals surface area contributed by atoms with E-state index in [4.69, 9.17) is 0 Å². The van der Waals surface area contributed by atoms with Gasteiger partial charge in [-0.15, -0.1) is 0 Å². The van der Waals surface area contributed by atoms with Crippen molar-refractivity contribution in [2.75, 3.05) is 51.7 Å². The number of hydrogen-bond acceptors (Lipinski definition) is 4. The third-order valence-corrected chi connectivity index (χ3v) is 5.31. The first-order valence-corrected chi connectivity index (χ1v) is 10.1. The number of benzene rings is 1. The molecule has 0 atom stereocenters. The summed E-state index contributed by atoms with van der Waals surface area (Å²) in [5.41, 5.74) is 3.22. The van der Waals surface area contributed by atoms with Crippen LogP contribution in [0.25, 0.3) is 0 Å². The zero-order valence-electron chi connectivity index (χ0n) is 17.6. The normalized spacial score (nSPS) is 15.4. The molecule has 0 bridgehead atoms. The third kappa shape index (κ3) is 6.15. The van der Waals surface area contributed by atoms with Crippen LogP contribution < -0.4 is 15.5 Å². The molecule has 0 aliphatic carbocycles. The van der Waals surface area contributed by atoms with Crippen molar-refractivity contribution in [3.05, 3.63) is 59.0 Å². The molecule has 1 aromatic carbocycles. The molecule has 1 fully saturated rings. The number of pyridine rings is 1. The molecular weight excluding hydrogens is 367 g/mol. The molecule has 0 unspecified atom stereocenters. The van der Waals surface area contributed by atoms with Crippen molar-refractivity contribution in [3.63, 3.8) is 0 Å². The molecule has 6 nitrogen and oxygen atoms in total. The van der Waals surface area contributed by atoms with Crippen molar-refractivity contribution in [2.24, 2.45) is 4.99 Å². The molecule has 3 rings (SSSR count). The van der Waals surface area contributed by atoms with Gasteiger partial charge in [-0.3, -0.25) is 4.99 Å². The molecule has 2 heterocycles. The lowest BCUT2D eigenvalue weighted by molar-refractivity contribution is 0.312. The van der Waals surface area contributed by atoms with Crippen LogP contribution in [0.15, 0.2) is 41.5 Å². The van der Waals surface area contributed by atoms with Gasteiger partial charge >= 0.3 is 0 Å². The van der Waals surface area contributed by atoms with Crippen molar-refractivity contribution >= 4 is 11.8 Å². The number of likely N-dealkylation sites (N-methyl/N-ethyl adjacent to an activating group) is 1. The molecular formula is C22H31FN6. The summed E-state index contributed by atoms with van der Waals surface area (Å²) in [7, 11) is 3.91. The smallest absolute Gasteiger partial charge is 0.191 e. The summed E-state index contributed by atoms with van der Waals surface area (Å²) < 4.78 is 13.2. The average Bonchev–Trinajstić information content (AvgIpc) is 2.73. The number of hydrogen-bond donors (Lipinski definition) is 2. The number of piperazine rings is 1. The van der Waals surface area contributed by atoms with E-state index in [1.54, 1.807) is 13.1 Å². The molecule has 29 heavy (non-hydrogen) atoms. The van der Waals surface area contributed by atoms with Crippen LogP contribution in [-0.4, -0.2) is 62.7 Å². The monoisotopic (exact) mass is 398 g/mol. The Morgan fingerprint density at radius 2 is 1.93 bits per heavy atom. The minimum absolute atomic E-state index is 0.191. The molecule has 1 aliphatic heterocycles. The Hall–Kier alpha value is -2.67. The van der Waals surface area contributed by atoms with Crippen LogP contribution in [0.1, 0.15) is 16.7 Å². The molecule has 156 valence electrons. The lowest BCUT2D eigenvalue weighted by Gasteiger charge is -2.33. The van der Waals surface area contributed by atoms with Crippen LogP contribution in [-0.2, 0) is 13.0 Å². The third-order valence-electron chi connectivity index (χ3n) is 5.31. The number of aliphatic imine (C=N–C) groups is 1. The Kier molecular flexibility index (Phi) is 7.41. The maximum Gasteiger partial charge on any atom is 0.191 e. The maximum atomic E-state index is 13.2. The highest BCUT2D eigenvalue weighted by molar-refractivity contribution is 5.79. The summed E-state index contributed by atoms with van der Waals surface area (Å²) in [5.74, 6) is 1.59. The summed E-state index contributed by atoms with van der Waals surface area (Å²) in [6, 6.07) is 9.13. The average molecular weight is 399 g/mol. The second-order valence-electron chi connectivity index (χ2n) is 7.49. The number of aromatic nitrogens is 1. The van der Waals surface area contributed by atoms with E-state index in [0.717, 1.165) is 67.6 Å². The van der Waals surface area contributed by atoms with Gasteiger partial charge in [-0.2, -0.15) is 0 Å².